The fourth-order valence-electron chi connectivity index (χ4n) is 2.94. The summed E-state index contributed by atoms with van der Waals surface area (Å²) in [6, 6.07) is 8.95. The lowest BCUT2D eigenvalue weighted by molar-refractivity contribution is 0.276. The van der Waals surface area contributed by atoms with Crippen molar-refractivity contribution in [3.05, 3.63) is 34.3 Å². The van der Waals surface area contributed by atoms with E-state index in [4.69, 9.17) is 0 Å². The molecule has 106 valence electrons. The highest BCUT2D eigenvalue weighted by molar-refractivity contribution is 9.10. The number of rotatable bonds is 5. The number of hydrogen-bond donors (Lipinski definition) is 1. The second-order valence-electron chi connectivity index (χ2n) is 6.34. The lowest BCUT2D eigenvalue weighted by atomic mass is 9.93. The molecule has 1 fully saturated rings. The summed E-state index contributed by atoms with van der Waals surface area (Å²) in [6.45, 7) is 8.40. The van der Waals surface area contributed by atoms with E-state index in [9.17, 15) is 0 Å². The van der Waals surface area contributed by atoms with Gasteiger partial charge in [-0.05, 0) is 50.0 Å². The second-order valence-corrected chi connectivity index (χ2v) is 7.20. The monoisotopic (exact) mass is 324 g/mol. The summed E-state index contributed by atoms with van der Waals surface area (Å²) in [5.41, 5.74) is 1.87. The molecule has 3 heteroatoms. The van der Waals surface area contributed by atoms with Crippen LogP contribution in [0.2, 0.25) is 0 Å². The van der Waals surface area contributed by atoms with Gasteiger partial charge in [-0.15, -0.1) is 0 Å². The molecule has 2 nitrogen and oxygen atoms in total. The first-order chi connectivity index (χ1) is 9.02. The zero-order chi connectivity index (χ0) is 13.9. The van der Waals surface area contributed by atoms with E-state index in [1.807, 2.05) is 0 Å². The largest absolute Gasteiger partial charge is 0.313 e. The average molecular weight is 325 g/mol. The first-order valence-corrected chi connectivity index (χ1v) is 7.95. The molecule has 1 aliphatic rings. The molecule has 1 aliphatic heterocycles. The molecule has 1 N–H and O–H groups in total. The third-order valence-electron chi connectivity index (χ3n) is 4.12. The number of nitrogens with one attached hydrogen (secondary N) is 1. The Hall–Kier alpha value is -0.380. The van der Waals surface area contributed by atoms with E-state index in [-0.39, 0.29) is 0 Å². The molecule has 0 aliphatic carbocycles. The van der Waals surface area contributed by atoms with Crippen LogP contribution in [0.5, 0.6) is 0 Å². The van der Waals surface area contributed by atoms with Gasteiger partial charge in [-0.25, -0.2) is 0 Å². The minimum absolute atomic E-state index is 0.430. The van der Waals surface area contributed by atoms with Crippen LogP contribution >= 0.6 is 15.9 Å². The van der Waals surface area contributed by atoms with Crippen LogP contribution in [0.3, 0.4) is 0 Å². The van der Waals surface area contributed by atoms with Crippen LogP contribution in [0.25, 0.3) is 0 Å². The number of hydrogen-bond acceptors (Lipinski definition) is 2. The van der Waals surface area contributed by atoms with Crippen LogP contribution in [0.4, 0.5) is 0 Å². The van der Waals surface area contributed by atoms with Crippen molar-refractivity contribution in [1.29, 1.82) is 0 Å². The average Bonchev–Trinajstić information content (AvgIpc) is 2.72. The van der Waals surface area contributed by atoms with Gasteiger partial charge in [-0.1, -0.05) is 48.0 Å². The van der Waals surface area contributed by atoms with E-state index >= 15 is 0 Å². The zero-order valence-electron chi connectivity index (χ0n) is 12.2. The molecule has 1 heterocycles. The van der Waals surface area contributed by atoms with Crippen LogP contribution in [-0.4, -0.2) is 31.6 Å². The van der Waals surface area contributed by atoms with Gasteiger partial charge in [0.05, 0.1) is 0 Å². The van der Waals surface area contributed by atoms with Crippen molar-refractivity contribution in [1.82, 2.24) is 10.2 Å². The Balaban J connectivity index is 1.92. The van der Waals surface area contributed by atoms with Gasteiger partial charge in [0.25, 0.3) is 0 Å². The lowest BCUT2D eigenvalue weighted by Crippen LogP contribution is -2.28. The van der Waals surface area contributed by atoms with Gasteiger partial charge in [-0.2, -0.15) is 0 Å². The molecule has 1 saturated heterocycles. The van der Waals surface area contributed by atoms with Crippen molar-refractivity contribution in [3.8, 4) is 0 Å². The number of halogens is 1. The van der Waals surface area contributed by atoms with E-state index in [1.165, 1.54) is 36.1 Å². The summed E-state index contributed by atoms with van der Waals surface area (Å²) in [5.74, 6) is 0. The Morgan fingerprint density at radius 1 is 1.37 bits per heavy atom. The van der Waals surface area contributed by atoms with Crippen molar-refractivity contribution in [2.75, 3.05) is 26.7 Å². The van der Waals surface area contributed by atoms with Gasteiger partial charge < -0.3 is 10.2 Å². The Labute approximate surface area is 125 Å². The van der Waals surface area contributed by atoms with Crippen LogP contribution in [0.15, 0.2) is 28.7 Å². The van der Waals surface area contributed by atoms with Gasteiger partial charge in [0.2, 0.25) is 0 Å². The van der Waals surface area contributed by atoms with Crippen LogP contribution in [0, 0.1) is 5.41 Å². The minimum Gasteiger partial charge on any atom is -0.313 e. The van der Waals surface area contributed by atoms with E-state index in [1.54, 1.807) is 0 Å². The van der Waals surface area contributed by atoms with Crippen molar-refractivity contribution in [2.24, 2.45) is 5.41 Å². The van der Waals surface area contributed by atoms with E-state index in [2.05, 4.69) is 71.3 Å². The van der Waals surface area contributed by atoms with Gasteiger partial charge in [-0.3, -0.25) is 0 Å². The molecule has 1 unspecified atom stereocenters. The summed E-state index contributed by atoms with van der Waals surface area (Å²) < 4.78 is 1.20. The molecule has 0 amide bonds. The molecular weight excluding hydrogens is 300 g/mol. The van der Waals surface area contributed by atoms with Gasteiger partial charge in [0, 0.05) is 17.1 Å². The Morgan fingerprint density at radius 3 is 2.68 bits per heavy atom. The zero-order valence-corrected chi connectivity index (χ0v) is 13.8. The number of nitrogens with zero attached hydrogens (tertiary/aromatic N) is 1. The summed E-state index contributed by atoms with van der Waals surface area (Å²) in [7, 11) is 2.05. The smallest absolute Gasteiger partial charge is 0.0340 e. The van der Waals surface area contributed by atoms with E-state index < -0.39 is 0 Å². The third-order valence-corrected chi connectivity index (χ3v) is 4.84. The maximum atomic E-state index is 3.66. The quantitative estimate of drug-likeness (QED) is 0.885. The van der Waals surface area contributed by atoms with Crippen molar-refractivity contribution in [3.63, 3.8) is 0 Å². The first-order valence-electron chi connectivity index (χ1n) is 7.16. The SMILES string of the molecule is CNC(CCN1CCC(C)(C)C1)c1ccccc1Br. The molecule has 1 atom stereocenters. The van der Waals surface area contributed by atoms with Crippen molar-refractivity contribution >= 4 is 15.9 Å². The molecule has 1 aromatic carbocycles. The highest BCUT2D eigenvalue weighted by Crippen LogP contribution is 2.30. The summed E-state index contributed by atoms with van der Waals surface area (Å²) in [6.07, 6.45) is 2.49. The fourth-order valence-corrected chi connectivity index (χ4v) is 3.50. The maximum Gasteiger partial charge on any atom is 0.0340 e. The molecule has 0 spiro atoms. The Morgan fingerprint density at radius 2 is 2.11 bits per heavy atom. The van der Waals surface area contributed by atoms with Gasteiger partial charge in [0.1, 0.15) is 0 Å². The first kappa shape index (κ1) is 15.0. The highest BCUT2D eigenvalue weighted by atomic mass is 79.9. The van der Waals surface area contributed by atoms with E-state index in [0.29, 0.717) is 11.5 Å². The van der Waals surface area contributed by atoms with Crippen molar-refractivity contribution < 1.29 is 0 Å². The summed E-state index contributed by atoms with van der Waals surface area (Å²) in [5, 5.41) is 3.45. The molecule has 0 saturated carbocycles. The maximum absolute atomic E-state index is 3.66. The third kappa shape index (κ3) is 4.04. The molecular formula is C16H25BrN2. The molecule has 0 bridgehead atoms. The number of likely N-dealkylation sites (tertiary alicyclic amines) is 1. The highest BCUT2D eigenvalue weighted by Gasteiger charge is 2.29. The predicted molar refractivity (Wildman–Crippen MR) is 85.4 cm³/mol. The van der Waals surface area contributed by atoms with Crippen LogP contribution < -0.4 is 5.32 Å². The number of benzene rings is 1. The van der Waals surface area contributed by atoms with Crippen LogP contribution in [-0.2, 0) is 0 Å². The normalized spacial score (nSPS) is 20.6. The molecule has 2 rings (SSSR count). The second kappa shape index (κ2) is 6.38. The van der Waals surface area contributed by atoms with Gasteiger partial charge >= 0.3 is 0 Å². The molecule has 19 heavy (non-hydrogen) atoms. The Bertz CT molecular complexity index is 417. The summed E-state index contributed by atoms with van der Waals surface area (Å²) >= 11 is 3.66. The van der Waals surface area contributed by atoms with Gasteiger partial charge in [0.15, 0.2) is 0 Å². The topological polar surface area (TPSA) is 15.3 Å². The fraction of sp³-hybridized carbons (Fsp3) is 0.625. The standard InChI is InChI=1S/C16H25BrN2/c1-16(2)9-11-19(12-16)10-8-15(18-3)13-6-4-5-7-14(13)17/h4-7,15,18H,8-12H2,1-3H3. The van der Waals surface area contributed by atoms with Crippen molar-refractivity contribution in [2.45, 2.75) is 32.7 Å². The molecule has 0 radical (unpaired) electrons. The lowest BCUT2D eigenvalue weighted by Gasteiger charge is -2.23. The van der Waals surface area contributed by atoms with Crippen LogP contribution in [0.1, 0.15) is 38.3 Å². The Kier molecular flexibility index (Phi) is 5.04. The molecule has 0 aromatic heterocycles. The minimum atomic E-state index is 0.430. The molecule has 1 aromatic rings. The summed E-state index contributed by atoms with van der Waals surface area (Å²) in [4.78, 5) is 2.60. The van der Waals surface area contributed by atoms with E-state index in [0.717, 1.165) is 6.42 Å². The predicted octanol–water partition coefficient (Wildman–Crippen LogP) is 3.83.